The van der Waals surface area contributed by atoms with Crippen LogP contribution in [0.2, 0.25) is 0 Å². The van der Waals surface area contributed by atoms with Crippen molar-refractivity contribution in [2.45, 2.75) is 44.9 Å². The highest BCUT2D eigenvalue weighted by Gasteiger charge is 2.24. The molecule has 5 heteroatoms. The van der Waals surface area contributed by atoms with Crippen LogP contribution in [0.4, 0.5) is 0 Å². The molecule has 1 heterocycles. The molecular weight excluding hydrogens is 352 g/mol. The fourth-order valence-electron chi connectivity index (χ4n) is 4.22. The SMILES string of the molecule is COc1ccc2c(c1)OC(C)CN(CCC(=O)NC1Cc3ccccc3C1)C2. The first-order valence-electron chi connectivity index (χ1n) is 10.0. The third-order valence-electron chi connectivity index (χ3n) is 5.58. The number of nitrogens with one attached hydrogen (secondary N) is 1. The number of fused-ring (bicyclic) bond motifs is 2. The van der Waals surface area contributed by atoms with Gasteiger partial charge in [0.25, 0.3) is 0 Å². The molecule has 0 fully saturated rings. The standard InChI is InChI=1S/C23H28N2O3/c1-16-14-25(15-19-7-8-21(27-2)13-22(19)28-16)10-9-23(26)24-20-11-17-5-3-4-6-18(17)12-20/h3-8,13,16,20H,9-12,14-15H2,1-2H3,(H,24,26). The summed E-state index contributed by atoms with van der Waals surface area (Å²) in [5.74, 6) is 1.81. The lowest BCUT2D eigenvalue weighted by Gasteiger charge is -2.22. The molecule has 1 atom stereocenters. The summed E-state index contributed by atoms with van der Waals surface area (Å²) in [4.78, 5) is 14.8. The number of carbonyl (C=O) groups excluding carboxylic acids is 1. The predicted octanol–water partition coefficient (Wildman–Crippen LogP) is 2.95. The van der Waals surface area contributed by atoms with Gasteiger partial charge < -0.3 is 14.8 Å². The molecule has 0 saturated heterocycles. The number of nitrogens with zero attached hydrogens (tertiary/aromatic N) is 1. The van der Waals surface area contributed by atoms with E-state index < -0.39 is 0 Å². The molecule has 0 bridgehead atoms. The lowest BCUT2D eigenvalue weighted by atomic mass is 10.1. The average molecular weight is 380 g/mol. The van der Waals surface area contributed by atoms with Crippen LogP contribution in [0.25, 0.3) is 0 Å². The van der Waals surface area contributed by atoms with Crippen molar-refractivity contribution >= 4 is 5.91 Å². The predicted molar refractivity (Wildman–Crippen MR) is 109 cm³/mol. The van der Waals surface area contributed by atoms with Crippen LogP contribution in [0, 0.1) is 0 Å². The minimum atomic E-state index is 0.0701. The zero-order chi connectivity index (χ0) is 19.5. The summed E-state index contributed by atoms with van der Waals surface area (Å²) in [5.41, 5.74) is 3.86. The molecule has 28 heavy (non-hydrogen) atoms. The van der Waals surface area contributed by atoms with Gasteiger partial charge in [0.1, 0.15) is 17.6 Å². The molecule has 0 aromatic heterocycles. The van der Waals surface area contributed by atoms with Crippen LogP contribution in [0.1, 0.15) is 30.0 Å². The highest BCUT2D eigenvalue weighted by molar-refractivity contribution is 5.76. The molecule has 4 rings (SSSR count). The average Bonchev–Trinajstić information content (AvgIpc) is 3.01. The van der Waals surface area contributed by atoms with E-state index in [1.807, 2.05) is 12.1 Å². The molecule has 1 aliphatic heterocycles. The van der Waals surface area contributed by atoms with E-state index in [2.05, 4.69) is 47.5 Å². The Bertz CT molecular complexity index is 826. The van der Waals surface area contributed by atoms with Crippen LogP contribution < -0.4 is 14.8 Å². The van der Waals surface area contributed by atoms with Gasteiger partial charge in [0, 0.05) is 43.7 Å². The van der Waals surface area contributed by atoms with E-state index in [9.17, 15) is 4.79 Å². The summed E-state index contributed by atoms with van der Waals surface area (Å²) in [6.07, 6.45) is 2.45. The van der Waals surface area contributed by atoms with Crippen LogP contribution in [0.5, 0.6) is 11.5 Å². The molecule has 2 aliphatic rings. The molecule has 0 spiro atoms. The Kier molecular flexibility index (Phi) is 5.53. The first kappa shape index (κ1) is 18.8. The maximum absolute atomic E-state index is 12.5. The third kappa shape index (κ3) is 4.30. The van der Waals surface area contributed by atoms with Gasteiger partial charge >= 0.3 is 0 Å². The van der Waals surface area contributed by atoms with Crippen molar-refractivity contribution in [3.05, 3.63) is 59.2 Å². The Labute approximate surface area is 166 Å². The molecule has 2 aromatic rings. The van der Waals surface area contributed by atoms with Gasteiger partial charge in [-0.25, -0.2) is 0 Å². The number of carbonyl (C=O) groups is 1. The molecule has 1 aliphatic carbocycles. The van der Waals surface area contributed by atoms with E-state index in [-0.39, 0.29) is 18.1 Å². The highest BCUT2D eigenvalue weighted by atomic mass is 16.5. The minimum absolute atomic E-state index is 0.0701. The van der Waals surface area contributed by atoms with Crippen molar-refractivity contribution in [1.29, 1.82) is 0 Å². The summed E-state index contributed by atoms with van der Waals surface area (Å²) in [6.45, 7) is 4.38. The van der Waals surface area contributed by atoms with Crippen molar-refractivity contribution in [2.24, 2.45) is 0 Å². The van der Waals surface area contributed by atoms with Crippen LogP contribution in [0.15, 0.2) is 42.5 Å². The lowest BCUT2D eigenvalue weighted by Crippen LogP contribution is -2.38. The number of hydrogen-bond acceptors (Lipinski definition) is 4. The number of ether oxygens (including phenoxy) is 2. The van der Waals surface area contributed by atoms with E-state index in [0.29, 0.717) is 6.42 Å². The molecule has 5 nitrogen and oxygen atoms in total. The van der Waals surface area contributed by atoms with Gasteiger partial charge in [0.2, 0.25) is 5.91 Å². The molecular formula is C23H28N2O3. The van der Waals surface area contributed by atoms with Crippen molar-refractivity contribution < 1.29 is 14.3 Å². The maximum Gasteiger partial charge on any atom is 0.221 e. The van der Waals surface area contributed by atoms with Crippen molar-refractivity contribution in [1.82, 2.24) is 10.2 Å². The highest BCUT2D eigenvalue weighted by Crippen LogP contribution is 2.29. The van der Waals surface area contributed by atoms with E-state index in [1.165, 1.54) is 11.1 Å². The van der Waals surface area contributed by atoms with Gasteiger partial charge in [-0.15, -0.1) is 0 Å². The van der Waals surface area contributed by atoms with E-state index in [0.717, 1.165) is 49.5 Å². The summed E-state index contributed by atoms with van der Waals surface area (Å²) in [7, 11) is 1.66. The van der Waals surface area contributed by atoms with Crippen molar-refractivity contribution in [3.8, 4) is 11.5 Å². The van der Waals surface area contributed by atoms with Gasteiger partial charge in [-0.2, -0.15) is 0 Å². The number of rotatable bonds is 5. The number of benzene rings is 2. The van der Waals surface area contributed by atoms with Gasteiger partial charge in [0.05, 0.1) is 7.11 Å². The van der Waals surface area contributed by atoms with E-state index >= 15 is 0 Å². The molecule has 1 amide bonds. The molecule has 2 aromatic carbocycles. The fraction of sp³-hybridized carbons (Fsp3) is 0.435. The Morgan fingerprint density at radius 2 is 1.93 bits per heavy atom. The van der Waals surface area contributed by atoms with Crippen LogP contribution >= 0.6 is 0 Å². The summed E-state index contributed by atoms with van der Waals surface area (Å²) in [6, 6.07) is 14.6. The quantitative estimate of drug-likeness (QED) is 0.867. The van der Waals surface area contributed by atoms with Crippen LogP contribution in [-0.2, 0) is 24.2 Å². The van der Waals surface area contributed by atoms with Gasteiger partial charge in [-0.05, 0) is 37.0 Å². The Morgan fingerprint density at radius 3 is 2.64 bits per heavy atom. The Hall–Kier alpha value is -2.53. The van der Waals surface area contributed by atoms with Crippen LogP contribution in [0.3, 0.4) is 0 Å². The summed E-state index contributed by atoms with van der Waals surface area (Å²) < 4.78 is 11.4. The molecule has 148 valence electrons. The molecule has 1 N–H and O–H groups in total. The molecule has 0 radical (unpaired) electrons. The zero-order valence-electron chi connectivity index (χ0n) is 16.6. The van der Waals surface area contributed by atoms with E-state index in [4.69, 9.17) is 9.47 Å². The number of methoxy groups -OCH3 is 1. The van der Waals surface area contributed by atoms with E-state index in [1.54, 1.807) is 7.11 Å². The van der Waals surface area contributed by atoms with Crippen molar-refractivity contribution in [3.63, 3.8) is 0 Å². The fourth-order valence-corrected chi connectivity index (χ4v) is 4.22. The first-order valence-corrected chi connectivity index (χ1v) is 10.0. The van der Waals surface area contributed by atoms with Gasteiger partial charge in [-0.3, -0.25) is 9.69 Å². The molecule has 0 saturated carbocycles. The lowest BCUT2D eigenvalue weighted by molar-refractivity contribution is -0.122. The monoisotopic (exact) mass is 380 g/mol. The zero-order valence-corrected chi connectivity index (χ0v) is 16.6. The Morgan fingerprint density at radius 1 is 1.18 bits per heavy atom. The second kappa shape index (κ2) is 8.23. The second-order valence-electron chi connectivity index (χ2n) is 7.83. The topological polar surface area (TPSA) is 50.8 Å². The Balaban J connectivity index is 1.31. The van der Waals surface area contributed by atoms with Gasteiger partial charge in [0.15, 0.2) is 0 Å². The number of amides is 1. The van der Waals surface area contributed by atoms with Crippen molar-refractivity contribution in [2.75, 3.05) is 20.2 Å². The third-order valence-corrected chi connectivity index (χ3v) is 5.58. The number of hydrogen-bond donors (Lipinski definition) is 1. The summed E-state index contributed by atoms with van der Waals surface area (Å²) in [5, 5.41) is 3.21. The summed E-state index contributed by atoms with van der Waals surface area (Å²) >= 11 is 0. The van der Waals surface area contributed by atoms with Crippen LogP contribution in [-0.4, -0.2) is 43.2 Å². The molecule has 1 unspecified atom stereocenters. The normalized spacial score (nSPS) is 19.3. The smallest absolute Gasteiger partial charge is 0.221 e. The minimum Gasteiger partial charge on any atom is -0.497 e. The largest absolute Gasteiger partial charge is 0.497 e. The maximum atomic E-state index is 12.5. The first-order chi connectivity index (χ1) is 13.6. The van der Waals surface area contributed by atoms with Gasteiger partial charge in [-0.1, -0.05) is 30.3 Å². The second-order valence-corrected chi connectivity index (χ2v) is 7.83.